The Bertz CT molecular complexity index is 685. The molecule has 1 aromatic heterocycles. The Kier molecular flexibility index (Phi) is 5.09. The fraction of sp³-hybridized carbons (Fsp3) is 0.450. The first-order valence-corrected chi connectivity index (χ1v) is 9.54. The van der Waals surface area contributed by atoms with Crippen molar-refractivity contribution in [2.24, 2.45) is 0 Å². The van der Waals surface area contributed by atoms with Crippen LogP contribution in [0.3, 0.4) is 0 Å². The highest BCUT2D eigenvalue weighted by Crippen LogP contribution is 2.27. The zero-order chi connectivity index (χ0) is 17.1. The van der Waals surface area contributed by atoms with Gasteiger partial charge in [0.2, 0.25) is 5.88 Å². The van der Waals surface area contributed by atoms with Crippen molar-refractivity contribution in [2.45, 2.75) is 31.7 Å². The van der Waals surface area contributed by atoms with E-state index in [1.165, 1.54) is 37.9 Å². The van der Waals surface area contributed by atoms with Crippen LogP contribution in [0.1, 0.15) is 25.7 Å². The van der Waals surface area contributed by atoms with Crippen molar-refractivity contribution in [2.75, 3.05) is 31.1 Å². The molecule has 1 aromatic carbocycles. The predicted octanol–water partition coefficient (Wildman–Crippen LogP) is 4.59. The largest absolute Gasteiger partial charge is 0.439 e. The molecule has 1 saturated carbocycles. The molecule has 2 fully saturated rings. The SMILES string of the molecule is Clc1ccc(Oc2ccc(N3CCCN(C4CCC4)CC3)cn2)cc1. The van der Waals surface area contributed by atoms with E-state index in [0.29, 0.717) is 10.9 Å². The van der Waals surface area contributed by atoms with Crippen LogP contribution in [0.4, 0.5) is 5.69 Å². The lowest BCUT2D eigenvalue weighted by molar-refractivity contribution is 0.136. The fourth-order valence-electron chi connectivity index (χ4n) is 3.56. The molecule has 5 heteroatoms. The summed E-state index contributed by atoms with van der Waals surface area (Å²) < 4.78 is 5.77. The van der Waals surface area contributed by atoms with Crippen molar-refractivity contribution >= 4 is 17.3 Å². The Balaban J connectivity index is 1.37. The van der Waals surface area contributed by atoms with E-state index in [1.54, 1.807) is 0 Å². The van der Waals surface area contributed by atoms with Gasteiger partial charge in [-0.3, -0.25) is 4.90 Å². The summed E-state index contributed by atoms with van der Waals surface area (Å²) in [5.74, 6) is 1.35. The summed E-state index contributed by atoms with van der Waals surface area (Å²) >= 11 is 5.90. The van der Waals surface area contributed by atoms with Crippen molar-refractivity contribution < 1.29 is 4.74 Å². The van der Waals surface area contributed by atoms with Crippen LogP contribution < -0.4 is 9.64 Å². The molecule has 25 heavy (non-hydrogen) atoms. The van der Waals surface area contributed by atoms with E-state index < -0.39 is 0 Å². The lowest BCUT2D eigenvalue weighted by Gasteiger charge is -2.36. The molecule has 1 saturated heterocycles. The van der Waals surface area contributed by atoms with Crippen LogP contribution in [0.15, 0.2) is 42.6 Å². The van der Waals surface area contributed by atoms with E-state index in [9.17, 15) is 0 Å². The lowest BCUT2D eigenvalue weighted by atomic mass is 9.91. The molecule has 0 spiro atoms. The summed E-state index contributed by atoms with van der Waals surface area (Å²) in [4.78, 5) is 9.59. The second kappa shape index (κ2) is 7.63. The van der Waals surface area contributed by atoms with Gasteiger partial charge in [0.05, 0.1) is 11.9 Å². The number of nitrogens with zero attached hydrogens (tertiary/aromatic N) is 3. The Hall–Kier alpha value is -1.78. The topological polar surface area (TPSA) is 28.6 Å². The molecule has 4 rings (SSSR count). The minimum atomic E-state index is 0.608. The third kappa shape index (κ3) is 4.07. The van der Waals surface area contributed by atoms with Gasteiger partial charge in [-0.05, 0) is 49.6 Å². The normalized spacial score (nSPS) is 19.3. The highest BCUT2D eigenvalue weighted by molar-refractivity contribution is 6.30. The first kappa shape index (κ1) is 16.7. The Morgan fingerprint density at radius 1 is 0.920 bits per heavy atom. The number of ether oxygens (including phenoxy) is 1. The summed E-state index contributed by atoms with van der Waals surface area (Å²) in [6.45, 7) is 4.57. The van der Waals surface area contributed by atoms with Crippen molar-refractivity contribution in [3.05, 3.63) is 47.6 Å². The monoisotopic (exact) mass is 357 g/mol. The third-order valence-corrected chi connectivity index (χ3v) is 5.50. The van der Waals surface area contributed by atoms with Crippen molar-refractivity contribution in [1.82, 2.24) is 9.88 Å². The molecule has 2 aromatic rings. The van der Waals surface area contributed by atoms with Crippen LogP contribution >= 0.6 is 11.6 Å². The van der Waals surface area contributed by atoms with E-state index in [-0.39, 0.29) is 0 Å². The quantitative estimate of drug-likeness (QED) is 0.800. The first-order chi connectivity index (χ1) is 12.3. The summed E-state index contributed by atoms with van der Waals surface area (Å²) in [6, 6.07) is 12.2. The van der Waals surface area contributed by atoms with Gasteiger partial charge in [-0.2, -0.15) is 0 Å². The fourth-order valence-corrected chi connectivity index (χ4v) is 3.68. The van der Waals surface area contributed by atoms with Crippen LogP contribution in [-0.2, 0) is 0 Å². The number of hydrogen-bond donors (Lipinski definition) is 0. The number of rotatable bonds is 4. The van der Waals surface area contributed by atoms with Gasteiger partial charge in [0.15, 0.2) is 0 Å². The maximum absolute atomic E-state index is 5.90. The Morgan fingerprint density at radius 3 is 2.44 bits per heavy atom. The number of aromatic nitrogens is 1. The zero-order valence-corrected chi connectivity index (χ0v) is 15.2. The van der Waals surface area contributed by atoms with Gasteiger partial charge in [-0.25, -0.2) is 4.98 Å². The molecule has 2 heterocycles. The van der Waals surface area contributed by atoms with Crippen molar-refractivity contribution in [3.8, 4) is 11.6 Å². The highest BCUT2D eigenvalue weighted by Gasteiger charge is 2.26. The van der Waals surface area contributed by atoms with Gasteiger partial charge in [-0.15, -0.1) is 0 Å². The number of halogens is 1. The van der Waals surface area contributed by atoms with Crippen molar-refractivity contribution in [1.29, 1.82) is 0 Å². The number of pyridine rings is 1. The standard InChI is InChI=1S/C20H24ClN3O/c21-16-5-8-19(9-6-16)25-20-10-7-18(15-22-20)24-12-2-11-23(13-14-24)17-3-1-4-17/h5-10,15,17H,1-4,11-14H2. The second-order valence-corrected chi connectivity index (χ2v) is 7.31. The zero-order valence-electron chi connectivity index (χ0n) is 14.4. The number of benzene rings is 1. The molecular formula is C20H24ClN3O. The Labute approximate surface area is 154 Å². The van der Waals surface area contributed by atoms with Crippen LogP contribution in [-0.4, -0.2) is 42.1 Å². The van der Waals surface area contributed by atoms with Gasteiger partial charge in [0.25, 0.3) is 0 Å². The molecule has 1 aliphatic carbocycles. The minimum absolute atomic E-state index is 0.608. The van der Waals surface area contributed by atoms with Gasteiger partial charge < -0.3 is 9.64 Å². The highest BCUT2D eigenvalue weighted by atomic mass is 35.5. The summed E-state index contributed by atoms with van der Waals surface area (Å²) in [6.07, 6.45) is 7.32. The molecule has 0 radical (unpaired) electrons. The van der Waals surface area contributed by atoms with Gasteiger partial charge in [0, 0.05) is 43.3 Å². The average Bonchev–Trinajstić information content (AvgIpc) is 2.82. The molecule has 2 aliphatic rings. The summed E-state index contributed by atoms with van der Waals surface area (Å²) in [7, 11) is 0. The molecule has 1 aliphatic heterocycles. The average molecular weight is 358 g/mol. The minimum Gasteiger partial charge on any atom is -0.439 e. The van der Waals surface area contributed by atoms with Crippen LogP contribution in [0.5, 0.6) is 11.6 Å². The summed E-state index contributed by atoms with van der Waals surface area (Å²) in [5.41, 5.74) is 1.18. The summed E-state index contributed by atoms with van der Waals surface area (Å²) in [5, 5.41) is 0.702. The van der Waals surface area contributed by atoms with E-state index in [4.69, 9.17) is 16.3 Å². The van der Waals surface area contributed by atoms with Crippen LogP contribution in [0.2, 0.25) is 5.02 Å². The predicted molar refractivity (Wildman–Crippen MR) is 102 cm³/mol. The van der Waals surface area contributed by atoms with Crippen LogP contribution in [0.25, 0.3) is 0 Å². The number of hydrogen-bond acceptors (Lipinski definition) is 4. The molecule has 0 N–H and O–H groups in total. The molecule has 4 nitrogen and oxygen atoms in total. The molecule has 0 unspecified atom stereocenters. The molecule has 0 bridgehead atoms. The van der Waals surface area contributed by atoms with E-state index in [0.717, 1.165) is 31.4 Å². The van der Waals surface area contributed by atoms with Gasteiger partial charge in [0.1, 0.15) is 5.75 Å². The number of anilines is 1. The van der Waals surface area contributed by atoms with Crippen LogP contribution in [0, 0.1) is 0 Å². The van der Waals surface area contributed by atoms with Gasteiger partial charge >= 0.3 is 0 Å². The molecule has 132 valence electrons. The molecule has 0 atom stereocenters. The lowest BCUT2D eigenvalue weighted by Crippen LogP contribution is -2.42. The maximum atomic E-state index is 5.90. The van der Waals surface area contributed by atoms with Gasteiger partial charge in [-0.1, -0.05) is 18.0 Å². The maximum Gasteiger partial charge on any atom is 0.219 e. The molecule has 0 amide bonds. The van der Waals surface area contributed by atoms with E-state index >= 15 is 0 Å². The van der Waals surface area contributed by atoms with Crippen molar-refractivity contribution in [3.63, 3.8) is 0 Å². The third-order valence-electron chi connectivity index (χ3n) is 5.24. The van der Waals surface area contributed by atoms with E-state index in [1.807, 2.05) is 36.5 Å². The smallest absolute Gasteiger partial charge is 0.219 e. The second-order valence-electron chi connectivity index (χ2n) is 6.87. The van der Waals surface area contributed by atoms with E-state index in [2.05, 4.69) is 20.9 Å². The Morgan fingerprint density at radius 2 is 1.76 bits per heavy atom. The first-order valence-electron chi connectivity index (χ1n) is 9.16. The molecular weight excluding hydrogens is 334 g/mol.